The second kappa shape index (κ2) is 6.45. The molecule has 88 valence electrons. The van der Waals surface area contributed by atoms with Gasteiger partial charge in [-0.2, -0.15) is 0 Å². The lowest BCUT2D eigenvalue weighted by atomic mass is 10.3. The van der Waals surface area contributed by atoms with Crippen molar-refractivity contribution in [1.82, 2.24) is 0 Å². The number of thioether (sulfide) groups is 1. The Morgan fingerprint density at radius 2 is 1.88 bits per heavy atom. The van der Waals surface area contributed by atoms with Crippen LogP contribution in [-0.2, 0) is 4.79 Å². The van der Waals surface area contributed by atoms with Crippen molar-refractivity contribution in [2.45, 2.75) is 0 Å². The molecule has 0 unspecified atom stereocenters. The topological polar surface area (TPSA) is 49.3 Å². The first-order chi connectivity index (χ1) is 7.50. The van der Waals surface area contributed by atoms with Gasteiger partial charge in [0.05, 0.1) is 26.7 Å². The molecule has 0 aromatic heterocycles. The summed E-state index contributed by atoms with van der Waals surface area (Å²) in [7, 11) is 0. The van der Waals surface area contributed by atoms with Gasteiger partial charge < -0.3 is 10.4 Å². The van der Waals surface area contributed by atoms with E-state index < -0.39 is 5.97 Å². The number of hydrogen-bond donors (Lipinski definition) is 2. The molecule has 0 amide bonds. The zero-order valence-electron chi connectivity index (χ0n) is 7.97. The number of aliphatic carboxylic acids is 1. The van der Waals surface area contributed by atoms with Gasteiger partial charge in [-0.25, -0.2) is 0 Å². The second-order valence-corrected chi connectivity index (χ2v) is 5.00. The van der Waals surface area contributed by atoms with E-state index in [9.17, 15) is 4.79 Å². The predicted molar refractivity (Wildman–Crippen MR) is 70.1 cm³/mol. The second-order valence-electron chi connectivity index (χ2n) is 2.82. The third kappa shape index (κ3) is 4.29. The lowest BCUT2D eigenvalue weighted by Gasteiger charge is -2.07. The SMILES string of the molecule is O=C(O)CSCNc1cc(Cl)c(Cl)c(Cl)c1. The van der Waals surface area contributed by atoms with Crippen LogP contribution in [0.3, 0.4) is 0 Å². The third-order valence-electron chi connectivity index (χ3n) is 1.59. The van der Waals surface area contributed by atoms with Gasteiger partial charge in [-0.05, 0) is 12.1 Å². The molecule has 0 fully saturated rings. The number of anilines is 1. The van der Waals surface area contributed by atoms with E-state index in [4.69, 9.17) is 39.9 Å². The maximum atomic E-state index is 10.3. The summed E-state index contributed by atoms with van der Waals surface area (Å²) in [5.74, 6) is -0.346. The minimum atomic E-state index is -0.848. The largest absolute Gasteiger partial charge is 0.481 e. The van der Waals surface area contributed by atoms with Gasteiger partial charge in [-0.1, -0.05) is 34.8 Å². The highest BCUT2D eigenvalue weighted by Crippen LogP contribution is 2.33. The fourth-order valence-corrected chi connectivity index (χ4v) is 2.07. The summed E-state index contributed by atoms with van der Waals surface area (Å²) in [6.45, 7) is 0. The van der Waals surface area contributed by atoms with Gasteiger partial charge in [0.1, 0.15) is 0 Å². The molecule has 0 saturated heterocycles. The molecular weight excluding hydrogens is 293 g/mol. The van der Waals surface area contributed by atoms with Gasteiger partial charge in [0, 0.05) is 5.69 Å². The Labute approximate surface area is 112 Å². The number of carboxylic acids is 1. The first-order valence-corrected chi connectivity index (χ1v) is 6.47. The lowest BCUT2D eigenvalue weighted by Crippen LogP contribution is -2.03. The molecule has 0 bridgehead atoms. The van der Waals surface area contributed by atoms with Crippen molar-refractivity contribution < 1.29 is 9.90 Å². The van der Waals surface area contributed by atoms with Crippen molar-refractivity contribution in [3.8, 4) is 0 Å². The smallest absolute Gasteiger partial charge is 0.313 e. The van der Waals surface area contributed by atoms with Gasteiger partial charge in [-0.15, -0.1) is 11.8 Å². The molecule has 7 heteroatoms. The Morgan fingerprint density at radius 1 is 1.31 bits per heavy atom. The zero-order valence-corrected chi connectivity index (χ0v) is 11.1. The Bertz CT molecular complexity index is 377. The van der Waals surface area contributed by atoms with Crippen LogP contribution in [0, 0.1) is 0 Å². The zero-order chi connectivity index (χ0) is 12.1. The number of carboxylic acid groups (broad SMARTS) is 1. The number of benzene rings is 1. The van der Waals surface area contributed by atoms with Crippen LogP contribution in [0.25, 0.3) is 0 Å². The molecule has 1 aromatic rings. The summed E-state index contributed by atoms with van der Waals surface area (Å²) in [6, 6.07) is 3.27. The van der Waals surface area contributed by atoms with Crippen molar-refractivity contribution in [1.29, 1.82) is 0 Å². The van der Waals surface area contributed by atoms with Gasteiger partial charge in [-0.3, -0.25) is 4.79 Å². The van der Waals surface area contributed by atoms with Gasteiger partial charge in [0.2, 0.25) is 0 Å². The van der Waals surface area contributed by atoms with Crippen molar-refractivity contribution in [3.05, 3.63) is 27.2 Å². The van der Waals surface area contributed by atoms with Gasteiger partial charge in [0.25, 0.3) is 0 Å². The molecule has 0 saturated carbocycles. The standard InChI is InChI=1S/C9H8Cl3NO2S/c10-6-1-5(2-7(11)9(6)12)13-4-16-3-8(14)15/h1-2,13H,3-4H2,(H,14,15). The van der Waals surface area contributed by atoms with E-state index in [0.29, 0.717) is 26.6 Å². The van der Waals surface area contributed by atoms with Crippen LogP contribution in [-0.4, -0.2) is 22.7 Å². The van der Waals surface area contributed by atoms with Crippen LogP contribution in [0.5, 0.6) is 0 Å². The molecular formula is C9H8Cl3NO2S. The van der Waals surface area contributed by atoms with E-state index in [0.717, 1.165) is 0 Å². The maximum Gasteiger partial charge on any atom is 0.313 e. The highest BCUT2D eigenvalue weighted by molar-refractivity contribution is 8.00. The fraction of sp³-hybridized carbons (Fsp3) is 0.222. The minimum Gasteiger partial charge on any atom is -0.481 e. The Hall–Kier alpha value is -0.290. The van der Waals surface area contributed by atoms with Crippen molar-refractivity contribution in [3.63, 3.8) is 0 Å². The van der Waals surface area contributed by atoms with Crippen LogP contribution in [0.1, 0.15) is 0 Å². The minimum absolute atomic E-state index is 0.0437. The molecule has 3 nitrogen and oxygen atoms in total. The number of halogens is 3. The van der Waals surface area contributed by atoms with Crippen LogP contribution >= 0.6 is 46.6 Å². The molecule has 0 aliphatic carbocycles. The quantitative estimate of drug-likeness (QED) is 0.493. The summed E-state index contributed by atoms with van der Waals surface area (Å²) in [6.07, 6.45) is 0. The van der Waals surface area contributed by atoms with Crippen LogP contribution in [0.15, 0.2) is 12.1 Å². The Balaban J connectivity index is 2.52. The molecule has 0 spiro atoms. The van der Waals surface area contributed by atoms with Crippen molar-refractivity contribution in [2.24, 2.45) is 0 Å². The summed E-state index contributed by atoms with van der Waals surface area (Å²) in [4.78, 5) is 10.3. The number of rotatable bonds is 5. The average molecular weight is 301 g/mol. The lowest BCUT2D eigenvalue weighted by molar-refractivity contribution is -0.133. The summed E-state index contributed by atoms with van der Waals surface area (Å²) in [5, 5.41) is 12.4. The van der Waals surface area contributed by atoms with E-state index in [1.807, 2.05) is 0 Å². The van der Waals surface area contributed by atoms with E-state index >= 15 is 0 Å². The summed E-state index contributed by atoms with van der Waals surface area (Å²) >= 11 is 18.7. The van der Waals surface area contributed by atoms with Crippen molar-refractivity contribution in [2.75, 3.05) is 16.9 Å². The van der Waals surface area contributed by atoms with Crippen LogP contribution in [0.2, 0.25) is 15.1 Å². The van der Waals surface area contributed by atoms with Crippen LogP contribution in [0.4, 0.5) is 5.69 Å². The van der Waals surface area contributed by atoms with Gasteiger partial charge >= 0.3 is 5.97 Å². The number of nitrogens with one attached hydrogen (secondary N) is 1. The molecule has 0 aliphatic heterocycles. The monoisotopic (exact) mass is 299 g/mol. The Morgan fingerprint density at radius 3 is 2.38 bits per heavy atom. The fourth-order valence-electron chi connectivity index (χ4n) is 0.930. The first-order valence-electron chi connectivity index (χ1n) is 4.18. The summed E-state index contributed by atoms with van der Waals surface area (Å²) in [5.41, 5.74) is 0.706. The first kappa shape index (κ1) is 13.8. The highest BCUT2D eigenvalue weighted by atomic mass is 35.5. The molecule has 0 aliphatic rings. The molecule has 1 rings (SSSR count). The van der Waals surface area contributed by atoms with Gasteiger partial charge in [0.15, 0.2) is 0 Å². The van der Waals surface area contributed by atoms with Crippen molar-refractivity contribution >= 4 is 58.2 Å². The van der Waals surface area contributed by atoms with E-state index in [2.05, 4.69) is 5.32 Å². The van der Waals surface area contributed by atoms with Crippen LogP contribution < -0.4 is 5.32 Å². The average Bonchev–Trinajstić information content (AvgIpc) is 2.20. The normalized spacial score (nSPS) is 10.2. The van der Waals surface area contributed by atoms with E-state index in [1.165, 1.54) is 11.8 Å². The summed E-state index contributed by atoms with van der Waals surface area (Å²) < 4.78 is 0. The highest BCUT2D eigenvalue weighted by Gasteiger charge is 2.05. The number of hydrogen-bond acceptors (Lipinski definition) is 3. The molecule has 0 radical (unpaired) electrons. The van der Waals surface area contributed by atoms with E-state index in [1.54, 1.807) is 12.1 Å². The Kier molecular flexibility index (Phi) is 5.55. The predicted octanol–water partition coefficient (Wildman–Crippen LogP) is 3.83. The maximum absolute atomic E-state index is 10.3. The number of carbonyl (C=O) groups is 1. The van der Waals surface area contributed by atoms with E-state index in [-0.39, 0.29) is 5.75 Å². The molecule has 16 heavy (non-hydrogen) atoms. The third-order valence-corrected chi connectivity index (χ3v) is 3.58. The molecule has 2 N–H and O–H groups in total. The molecule has 0 heterocycles. The molecule has 1 aromatic carbocycles. The molecule has 0 atom stereocenters.